The van der Waals surface area contributed by atoms with Gasteiger partial charge in [-0.2, -0.15) is 8.42 Å². The molecule has 45 heavy (non-hydrogen) atoms. The Balaban J connectivity index is 3.65. The molecule has 0 bridgehead atoms. The maximum absolute atomic E-state index is 12.4. The molecule has 0 aliphatic heterocycles. The molecule has 0 aliphatic rings. The summed E-state index contributed by atoms with van der Waals surface area (Å²) in [5, 5.41) is 13.2. The van der Waals surface area contributed by atoms with Gasteiger partial charge in [0.2, 0.25) is 5.91 Å². The molecule has 7 heteroatoms. The molecule has 0 aromatic rings. The molecule has 0 saturated heterocycles. The Morgan fingerprint density at radius 1 is 0.511 bits per heavy atom. The highest BCUT2D eigenvalue weighted by Gasteiger charge is 2.26. The first-order valence-corrected chi connectivity index (χ1v) is 21.3. The minimum absolute atomic E-state index is 0.245. The second kappa shape index (κ2) is 33.2. The van der Waals surface area contributed by atoms with Crippen molar-refractivity contribution in [3.05, 3.63) is 0 Å². The van der Waals surface area contributed by atoms with Crippen molar-refractivity contribution in [2.75, 3.05) is 5.75 Å². The van der Waals surface area contributed by atoms with Crippen LogP contribution in [0.2, 0.25) is 0 Å². The summed E-state index contributed by atoms with van der Waals surface area (Å²) in [7, 11) is -4.29. The van der Waals surface area contributed by atoms with E-state index in [1.165, 1.54) is 154 Å². The zero-order chi connectivity index (χ0) is 33.3. The molecular formula is C38H77NO5S. The number of amides is 1. The van der Waals surface area contributed by atoms with E-state index in [0.717, 1.165) is 38.5 Å². The molecule has 0 saturated carbocycles. The first-order chi connectivity index (χ1) is 21.8. The third kappa shape index (κ3) is 34.5. The van der Waals surface area contributed by atoms with Crippen LogP contribution in [-0.4, -0.2) is 41.9 Å². The van der Waals surface area contributed by atoms with Crippen molar-refractivity contribution in [3.8, 4) is 0 Å². The minimum atomic E-state index is -4.29. The molecule has 6 nitrogen and oxygen atoms in total. The van der Waals surface area contributed by atoms with E-state index < -0.39 is 28.0 Å². The average Bonchev–Trinajstić information content (AvgIpc) is 3.00. The van der Waals surface area contributed by atoms with Crippen molar-refractivity contribution < 1.29 is 22.9 Å². The van der Waals surface area contributed by atoms with Crippen LogP contribution >= 0.6 is 0 Å². The van der Waals surface area contributed by atoms with E-state index in [9.17, 15) is 22.9 Å². The smallest absolute Gasteiger partial charge is 0.266 e. The molecule has 0 heterocycles. The van der Waals surface area contributed by atoms with Crippen LogP contribution in [0.1, 0.15) is 219 Å². The van der Waals surface area contributed by atoms with Gasteiger partial charge in [0.15, 0.2) is 0 Å². The fourth-order valence-corrected chi connectivity index (χ4v) is 7.10. The van der Waals surface area contributed by atoms with Gasteiger partial charge in [-0.05, 0) is 12.8 Å². The molecule has 0 aromatic carbocycles. The summed E-state index contributed by atoms with van der Waals surface area (Å²) in [6, 6.07) is -0.961. The number of carbonyl (C=O) groups excluding carboxylic acids is 1. The predicted octanol–water partition coefficient (Wildman–Crippen LogP) is 11.2. The van der Waals surface area contributed by atoms with Crippen molar-refractivity contribution in [1.82, 2.24) is 5.32 Å². The highest BCUT2D eigenvalue weighted by molar-refractivity contribution is 7.85. The summed E-state index contributed by atoms with van der Waals surface area (Å²) in [6.07, 6.45) is 38.0. The number of hydrogen-bond donors (Lipinski definition) is 3. The van der Waals surface area contributed by atoms with Crippen LogP contribution in [0.15, 0.2) is 0 Å². The molecule has 2 atom stereocenters. The molecule has 3 N–H and O–H groups in total. The topological polar surface area (TPSA) is 104 Å². The number of unbranched alkanes of at least 4 members (excludes halogenated alkanes) is 28. The lowest BCUT2D eigenvalue weighted by Gasteiger charge is -2.23. The third-order valence-electron chi connectivity index (χ3n) is 9.31. The van der Waals surface area contributed by atoms with E-state index in [-0.39, 0.29) is 5.91 Å². The second-order valence-electron chi connectivity index (χ2n) is 13.9. The Labute approximate surface area is 280 Å². The van der Waals surface area contributed by atoms with Crippen LogP contribution in [0.4, 0.5) is 0 Å². The van der Waals surface area contributed by atoms with Crippen LogP contribution in [-0.2, 0) is 14.9 Å². The van der Waals surface area contributed by atoms with Gasteiger partial charge in [-0.15, -0.1) is 0 Å². The lowest BCUT2D eigenvalue weighted by molar-refractivity contribution is -0.122. The van der Waals surface area contributed by atoms with Crippen molar-refractivity contribution in [1.29, 1.82) is 0 Å². The van der Waals surface area contributed by atoms with Crippen molar-refractivity contribution in [2.24, 2.45) is 0 Å². The van der Waals surface area contributed by atoms with Crippen LogP contribution in [0.3, 0.4) is 0 Å². The number of nitrogens with one attached hydrogen (secondary N) is 1. The summed E-state index contributed by atoms with van der Waals surface area (Å²) >= 11 is 0. The van der Waals surface area contributed by atoms with E-state index in [2.05, 4.69) is 19.2 Å². The van der Waals surface area contributed by atoms with E-state index in [0.29, 0.717) is 12.8 Å². The largest absolute Gasteiger partial charge is 0.391 e. The second-order valence-corrected chi connectivity index (χ2v) is 15.4. The number of aliphatic hydroxyl groups is 1. The van der Waals surface area contributed by atoms with Gasteiger partial charge >= 0.3 is 0 Å². The molecule has 2 unspecified atom stereocenters. The van der Waals surface area contributed by atoms with E-state index in [4.69, 9.17) is 0 Å². The monoisotopic (exact) mass is 660 g/mol. The van der Waals surface area contributed by atoms with Crippen LogP contribution in [0.5, 0.6) is 0 Å². The quantitative estimate of drug-likeness (QED) is 0.0458. The number of rotatable bonds is 36. The van der Waals surface area contributed by atoms with Crippen LogP contribution in [0.25, 0.3) is 0 Å². The summed E-state index contributed by atoms with van der Waals surface area (Å²) in [4.78, 5) is 12.4. The summed E-state index contributed by atoms with van der Waals surface area (Å²) in [5.41, 5.74) is 0. The normalized spacial score (nSPS) is 13.2. The summed E-state index contributed by atoms with van der Waals surface area (Å²) in [5.74, 6) is -0.888. The van der Waals surface area contributed by atoms with Gasteiger partial charge in [0.25, 0.3) is 10.1 Å². The van der Waals surface area contributed by atoms with Gasteiger partial charge in [0, 0.05) is 6.42 Å². The Morgan fingerprint density at radius 2 is 0.800 bits per heavy atom. The number of carbonyl (C=O) groups is 1. The molecular weight excluding hydrogens is 582 g/mol. The Hall–Kier alpha value is -0.660. The standard InChI is InChI=1S/C38H77NO5S/c1-3-5-7-9-11-12-13-14-15-16-17-18-19-20-21-22-23-24-25-26-28-30-32-34-38(41)39-36(35-45(42,43)44)37(40)33-31-29-27-10-8-6-4-2/h36-37,40H,3-35H2,1-2H3,(H,39,41)(H,42,43,44). The Morgan fingerprint density at radius 3 is 1.11 bits per heavy atom. The maximum Gasteiger partial charge on any atom is 0.266 e. The molecule has 0 aliphatic carbocycles. The zero-order valence-electron chi connectivity index (χ0n) is 30.0. The maximum atomic E-state index is 12.4. The van der Waals surface area contributed by atoms with Gasteiger partial charge in [-0.25, -0.2) is 0 Å². The van der Waals surface area contributed by atoms with E-state index in [1.807, 2.05) is 0 Å². The Kier molecular flexibility index (Phi) is 32.8. The van der Waals surface area contributed by atoms with Gasteiger partial charge in [0.05, 0.1) is 17.9 Å². The molecule has 0 fully saturated rings. The summed E-state index contributed by atoms with van der Waals surface area (Å²) in [6.45, 7) is 4.47. The number of aliphatic hydroxyl groups excluding tert-OH is 1. The highest BCUT2D eigenvalue weighted by atomic mass is 32.2. The van der Waals surface area contributed by atoms with Crippen molar-refractivity contribution in [2.45, 2.75) is 231 Å². The van der Waals surface area contributed by atoms with Crippen LogP contribution < -0.4 is 5.32 Å². The Bertz CT molecular complexity index is 730. The van der Waals surface area contributed by atoms with Crippen molar-refractivity contribution >= 4 is 16.0 Å². The highest BCUT2D eigenvalue weighted by Crippen LogP contribution is 2.16. The van der Waals surface area contributed by atoms with Gasteiger partial charge in [-0.3, -0.25) is 9.35 Å². The molecule has 0 rings (SSSR count). The van der Waals surface area contributed by atoms with Gasteiger partial charge in [-0.1, -0.05) is 200 Å². The molecule has 0 radical (unpaired) electrons. The first kappa shape index (κ1) is 44.3. The average molecular weight is 660 g/mol. The fourth-order valence-electron chi connectivity index (χ4n) is 6.34. The SMILES string of the molecule is CCCCCCCCCCCCCCCCCCCCCCCCCC(=O)NC(CS(=O)(=O)O)C(O)CCCCCCCCC. The van der Waals surface area contributed by atoms with Gasteiger partial charge < -0.3 is 10.4 Å². The van der Waals surface area contributed by atoms with Gasteiger partial charge in [0.1, 0.15) is 0 Å². The fraction of sp³-hybridized carbons (Fsp3) is 0.974. The minimum Gasteiger partial charge on any atom is -0.391 e. The first-order valence-electron chi connectivity index (χ1n) is 19.7. The third-order valence-corrected chi connectivity index (χ3v) is 10.1. The molecule has 270 valence electrons. The number of hydrogen-bond acceptors (Lipinski definition) is 4. The van der Waals surface area contributed by atoms with Crippen LogP contribution in [0, 0.1) is 0 Å². The lowest BCUT2D eigenvalue weighted by Crippen LogP contribution is -2.47. The molecule has 0 spiro atoms. The van der Waals surface area contributed by atoms with E-state index >= 15 is 0 Å². The zero-order valence-corrected chi connectivity index (χ0v) is 30.8. The van der Waals surface area contributed by atoms with Crippen molar-refractivity contribution in [3.63, 3.8) is 0 Å². The summed E-state index contributed by atoms with van der Waals surface area (Å²) < 4.78 is 32.2. The lowest BCUT2D eigenvalue weighted by atomic mass is 10.0. The molecule has 0 aromatic heterocycles. The predicted molar refractivity (Wildman–Crippen MR) is 193 cm³/mol. The van der Waals surface area contributed by atoms with E-state index in [1.54, 1.807) is 0 Å². The molecule has 1 amide bonds.